The largest absolute Gasteiger partial charge is 0.493 e. The van der Waals surface area contributed by atoms with Crippen molar-refractivity contribution in [2.75, 3.05) is 13.7 Å². The van der Waals surface area contributed by atoms with Crippen LogP contribution in [0.2, 0.25) is 0 Å². The molecule has 0 aromatic heterocycles. The van der Waals surface area contributed by atoms with Crippen LogP contribution in [0.25, 0.3) is 0 Å². The van der Waals surface area contributed by atoms with E-state index in [4.69, 9.17) is 9.47 Å². The van der Waals surface area contributed by atoms with Crippen LogP contribution in [-0.2, 0) is 0 Å². The predicted octanol–water partition coefficient (Wildman–Crippen LogP) is 4.64. The molecule has 0 radical (unpaired) electrons. The Bertz CT molecular complexity index is 765. The Morgan fingerprint density at radius 2 is 1.88 bits per heavy atom. The first-order chi connectivity index (χ1) is 12.5. The normalized spacial score (nSPS) is 11.7. The molecule has 2 aromatic carbocycles. The van der Waals surface area contributed by atoms with Crippen LogP contribution in [0, 0.1) is 11.6 Å². The molecule has 1 atom stereocenters. The van der Waals surface area contributed by atoms with E-state index >= 15 is 0 Å². The zero-order chi connectivity index (χ0) is 19.1. The van der Waals surface area contributed by atoms with Crippen molar-refractivity contribution in [3.05, 3.63) is 59.2 Å². The van der Waals surface area contributed by atoms with Gasteiger partial charge in [-0.25, -0.2) is 8.78 Å². The van der Waals surface area contributed by atoms with Crippen molar-refractivity contribution in [1.29, 1.82) is 0 Å². The molecule has 6 heteroatoms. The maximum Gasteiger partial charge on any atom is 0.251 e. The van der Waals surface area contributed by atoms with Gasteiger partial charge in [-0.15, -0.1) is 0 Å². The number of ether oxygens (including phenoxy) is 2. The number of carbonyl (C=O) groups is 1. The van der Waals surface area contributed by atoms with Crippen LogP contribution in [0.15, 0.2) is 36.4 Å². The van der Waals surface area contributed by atoms with Gasteiger partial charge < -0.3 is 14.8 Å². The average molecular weight is 363 g/mol. The lowest BCUT2D eigenvalue weighted by Crippen LogP contribution is -2.26. The average Bonchev–Trinajstić information content (AvgIpc) is 2.64. The first-order valence-electron chi connectivity index (χ1n) is 8.53. The molecule has 1 unspecified atom stereocenters. The lowest BCUT2D eigenvalue weighted by Gasteiger charge is -2.16. The number of methoxy groups -OCH3 is 1. The summed E-state index contributed by atoms with van der Waals surface area (Å²) in [5.41, 5.74) is 0.864. The summed E-state index contributed by atoms with van der Waals surface area (Å²) >= 11 is 0. The van der Waals surface area contributed by atoms with Crippen molar-refractivity contribution in [2.45, 2.75) is 32.7 Å². The molecular weight excluding hydrogens is 340 g/mol. The van der Waals surface area contributed by atoms with Gasteiger partial charge in [-0.2, -0.15) is 0 Å². The summed E-state index contributed by atoms with van der Waals surface area (Å²) in [5, 5.41) is 2.76. The fourth-order valence-electron chi connectivity index (χ4n) is 2.40. The quantitative estimate of drug-likeness (QED) is 0.695. The van der Waals surface area contributed by atoms with E-state index in [2.05, 4.69) is 12.2 Å². The predicted molar refractivity (Wildman–Crippen MR) is 95.6 cm³/mol. The van der Waals surface area contributed by atoms with Crippen molar-refractivity contribution in [1.82, 2.24) is 5.32 Å². The monoisotopic (exact) mass is 363 g/mol. The third kappa shape index (κ3) is 4.94. The first kappa shape index (κ1) is 19.7. The van der Waals surface area contributed by atoms with E-state index in [1.54, 1.807) is 25.1 Å². The van der Waals surface area contributed by atoms with Crippen LogP contribution in [0.1, 0.15) is 48.7 Å². The van der Waals surface area contributed by atoms with Crippen LogP contribution in [0.4, 0.5) is 8.78 Å². The maximum absolute atomic E-state index is 13.4. The highest BCUT2D eigenvalue weighted by Gasteiger charge is 2.15. The number of unbranched alkanes of at least 4 members (excludes halogenated alkanes) is 1. The van der Waals surface area contributed by atoms with E-state index in [1.807, 2.05) is 0 Å². The van der Waals surface area contributed by atoms with E-state index < -0.39 is 17.7 Å². The highest BCUT2D eigenvalue weighted by atomic mass is 19.2. The molecule has 0 bridgehead atoms. The standard InChI is InChI=1S/C20H23F2NO3/c1-4-5-10-26-18-9-7-15(12-19(18)25-3)20(24)23-13(2)14-6-8-16(21)17(22)11-14/h6-9,11-13H,4-5,10H2,1-3H3,(H,23,24). The Morgan fingerprint density at radius 3 is 2.54 bits per heavy atom. The third-order valence-electron chi connectivity index (χ3n) is 3.97. The second-order valence-electron chi connectivity index (χ2n) is 5.94. The van der Waals surface area contributed by atoms with Gasteiger partial charge >= 0.3 is 0 Å². The van der Waals surface area contributed by atoms with Gasteiger partial charge in [-0.3, -0.25) is 4.79 Å². The Hall–Kier alpha value is -2.63. The molecule has 0 saturated carbocycles. The summed E-state index contributed by atoms with van der Waals surface area (Å²) in [5.74, 6) is -1.17. The number of nitrogens with one attached hydrogen (secondary N) is 1. The Balaban J connectivity index is 2.09. The van der Waals surface area contributed by atoms with Gasteiger partial charge in [0, 0.05) is 5.56 Å². The van der Waals surface area contributed by atoms with Crippen LogP contribution >= 0.6 is 0 Å². The van der Waals surface area contributed by atoms with E-state index in [0.29, 0.717) is 29.2 Å². The number of rotatable bonds is 8. The van der Waals surface area contributed by atoms with Crippen molar-refractivity contribution in [2.24, 2.45) is 0 Å². The third-order valence-corrected chi connectivity index (χ3v) is 3.97. The minimum Gasteiger partial charge on any atom is -0.493 e. The number of hydrogen-bond acceptors (Lipinski definition) is 3. The fourth-order valence-corrected chi connectivity index (χ4v) is 2.40. The zero-order valence-corrected chi connectivity index (χ0v) is 15.1. The molecule has 0 aliphatic heterocycles. The van der Waals surface area contributed by atoms with Crippen LogP contribution in [-0.4, -0.2) is 19.6 Å². The number of amides is 1. The molecule has 0 spiro atoms. The number of hydrogen-bond donors (Lipinski definition) is 1. The number of benzene rings is 2. The molecule has 1 amide bonds. The van der Waals surface area contributed by atoms with Gasteiger partial charge in [0.2, 0.25) is 0 Å². The van der Waals surface area contributed by atoms with Gasteiger partial charge in [-0.1, -0.05) is 19.4 Å². The summed E-state index contributed by atoms with van der Waals surface area (Å²) in [6, 6.07) is 7.99. The Labute approximate surface area is 152 Å². The molecule has 2 aromatic rings. The van der Waals surface area contributed by atoms with Gasteiger partial charge in [0.15, 0.2) is 23.1 Å². The summed E-state index contributed by atoms with van der Waals surface area (Å²) < 4.78 is 37.3. The van der Waals surface area contributed by atoms with Gasteiger partial charge in [0.25, 0.3) is 5.91 Å². The van der Waals surface area contributed by atoms with Gasteiger partial charge in [0.05, 0.1) is 19.8 Å². The molecule has 0 aliphatic carbocycles. The van der Waals surface area contributed by atoms with Crippen LogP contribution in [0.3, 0.4) is 0 Å². The molecule has 0 heterocycles. The Kier molecular flexibility index (Phi) is 6.95. The SMILES string of the molecule is CCCCOc1ccc(C(=O)NC(C)c2ccc(F)c(F)c2)cc1OC. The second-order valence-corrected chi connectivity index (χ2v) is 5.94. The van der Waals surface area contributed by atoms with Crippen LogP contribution in [0.5, 0.6) is 11.5 Å². The van der Waals surface area contributed by atoms with E-state index in [-0.39, 0.29) is 5.91 Å². The Morgan fingerprint density at radius 1 is 1.12 bits per heavy atom. The summed E-state index contributed by atoms with van der Waals surface area (Å²) in [6.45, 7) is 4.35. The highest BCUT2D eigenvalue weighted by Crippen LogP contribution is 2.28. The molecule has 1 N–H and O–H groups in total. The summed E-state index contributed by atoms with van der Waals surface area (Å²) in [7, 11) is 1.51. The first-order valence-corrected chi connectivity index (χ1v) is 8.53. The molecule has 4 nitrogen and oxygen atoms in total. The molecular formula is C20H23F2NO3. The van der Waals surface area contributed by atoms with E-state index in [0.717, 1.165) is 25.0 Å². The number of carbonyl (C=O) groups excluding carboxylic acids is 1. The second kappa shape index (κ2) is 9.17. The summed E-state index contributed by atoms with van der Waals surface area (Å²) in [4.78, 5) is 12.4. The number of halogens is 2. The van der Waals surface area contributed by atoms with Crippen molar-refractivity contribution < 1.29 is 23.0 Å². The summed E-state index contributed by atoms with van der Waals surface area (Å²) in [6.07, 6.45) is 1.95. The van der Waals surface area contributed by atoms with Gasteiger partial charge in [-0.05, 0) is 49.2 Å². The molecule has 0 fully saturated rings. The lowest BCUT2D eigenvalue weighted by atomic mass is 10.1. The maximum atomic E-state index is 13.4. The highest BCUT2D eigenvalue weighted by molar-refractivity contribution is 5.95. The van der Waals surface area contributed by atoms with Crippen molar-refractivity contribution in [3.63, 3.8) is 0 Å². The van der Waals surface area contributed by atoms with E-state index in [1.165, 1.54) is 13.2 Å². The van der Waals surface area contributed by atoms with Gasteiger partial charge in [0.1, 0.15) is 0 Å². The zero-order valence-electron chi connectivity index (χ0n) is 15.1. The molecule has 0 saturated heterocycles. The molecule has 0 aliphatic rings. The smallest absolute Gasteiger partial charge is 0.251 e. The van der Waals surface area contributed by atoms with Crippen LogP contribution < -0.4 is 14.8 Å². The lowest BCUT2D eigenvalue weighted by molar-refractivity contribution is 0.0939. The minimum atomic E-state index is -0.946. The molecule has 140 valence electrons. The van der Waals surface area contributed by atoms with E-state index in [9.17, 15) is 13.6 Å². The van der Waals surface area contributed by atoms with Crippen molar-refractivity contribution >= 4 is 5.91 Å². The topological polar surface area (TPSA) is 47.6 Å². The van der Waals surface area contributed by atoms with Crippen molar-refractivity contribution in [3.8, 4) is 11.5 Å². The minimum absolute atomic E-state index is 0.347. The fraction of sp³-hybridized carbons (Fsp3) is 0.350. The molecule has 26 heavy (non-hydrogen) atoms. The molecule has 2 rings (SSSR count).